The second-order valence-electron chi connectivity index (χ2n) is 4.31. The largest absolute Gasteiger partial charge is 0.464 e. The molecule has 1 aromatic carbocycles. The first-order valence-electron chi connectivity index (χ1n) is 5.60. The molecule has 1 fully saturated rings. The molecule has 0 amide bonds. The Bertz CT molecular complexity index is 389. The van der Waals surface area contributed by atoms with Crippen LogP contribution in [0.25, 0.3) is 0 Å². The molecule has 0 N–H and O–H groups in total. The summed E-state index contributed by atoms with van der Waals surface area (Å²) in [6.07, 6.45) is 0.807. The molecule has 1 aromatic rings. The lowest BCUT2D eigenvalue weighted by atomic mass is 10.1. The number of esters is 1. The highest BCUT2D eigenvalue weighted by Crippen LogP contribution is 2.16. The van der Waals surface area contributed by atoms with Crippen LogP contribution in [0.2, 0.25) is 0 Å². The van der Waals surface area contributed by atoms with E-state index < -0.39 is 0 Å². The van der Waals surface area contributed by atoms with Gasteiger partial charge in [0, 0.05) is 13.0 Å². The van der Waals surface area contributed by atoms with Crippen LogP contribution in [0, 0.1) is 6.92 Å². The summed E-state index contributed by atoms with van der Waals surface area (Å²) < 4.78 is 4.97. The normalized spacial score (nSPS) is 20.2. The van der Waals surface area contributed by atoms with E-state index in [-0.39, 0.29) is 12.0 Å². The number of nitrogens with zero attached hydrogens (tertiary/aromatic N) is 1. The van der Waals surface area contributed by atoms with E-state index in [9.17, 15) is 4.79 Å². The highest BCUT2D eigenvalue weighted by atomic mass is 16.5. The monoisotopic (exact) mass is 219 g/mol. The van der Waals surface area contributed by atoms with Gasteiger partial charge in [0.25, 0.3) is 0 Å². The Morgan fingerprint density at radius 1 is 1.44 bits per heavy atom. The van der Waals surface area contributed by atoms with Crippen molar-refractivity contribution >= 4 is 5.97 Å². The number of hydrogen-bond acceptors (Lipinski definition) is 3. The van der Waals surface area contributed by atoms with E-state index in [0.717, 1.165) is 13.0 Å². The first-order valence-corrected chi connectivity index (χ1v) is 5.60. The fourth-order valence-corrected chi connectivity index (χ4v) is 2.05. The molecule has 3 heteroatoms. The van der Waals surface area contributed by atoms with Crippen LogP contribution in [0.4, 0.5) is 0 Å². The zero-order valence-corrected chi connectivity index (χ0v) is 9.77. The third-order valence-corrected chi connectivity index (χ3v) is 3.12. The average Bonchev–Trinajstić information content (AvgIpc) is 2.68. The highest BCUT2D eigenvalue weighted by Gasteiger charge is 2.30. The topological polar surface area (TPSA) is 29.5 Å². The molecule has 0 radical (unpaired) electrons. The second kappa shape index (κ2) is 4.66. The lowest BCUT2D eigenvalue weighted by molar-refractivity contribution is -0.142. The van der Waals surface area contributed by atoms with E-state index in [1.54, 1.807) is 0 Å². The number of benzene rings is 1. The summed E-state index contributed by atoms with van der Waals surface area (Å²) in [6, 6.07) is 8.19. The van der Waals surface area contributed by atoms with Crippen LogP contribution in [-0.4, -0.2) is 30.6 Å². The fourth-order valence-electron chi connectivity index (χ4n) is 2.05. The summed E-state index contributed by atoms with van der Waals surface area (Å²) in [5.74, 6) is -0.0870. The van der Waals surface area contributed by atoms with Crippen LogP contribution in [0.3, 0.4) is 0 Å². The fraction of sp³-hybridized carbons (Fsp3) is 0.462. The Morgan fingerprint density at radius 2 is 2.19 bits per heavy atom. The molecular weight excluding hydrogens is 202 g/mol. The molecule has 0 bridgehead atoms. The van der Waals surface area contributed by atoms with Crippen LogP contribution in [-0.2, 0) is 16.1 Å². The number of carbonyl (C=O) groups is 1. The SMILES string of the molecule is Cc1ccccc1CN(C)C1CCOC1=O. The molecule has 0 saturated carbocycles. The van der Waals surface area contributed by atoms with Crippen molar-refractivity contribution in [3.8, 4) is 0 Å². The van der Waals surface area contributed by atoms with E-state index in [4.69, 9.17) is 4.74 Å². The zero-order chi connectivity index (χ0) is 11.5. The summed E-state index contributed by atoms with van der Waals surface area (Å²) in [6.45, 7) is 3.45. The highest BCUT2D eigenvalue weighted by molar-refractivity contribution is 5.77. The van der Waals surface area contributed by atoms with Crippen molar-refractivity contribution < 1.29 is 9.53 Å². The maximum Gasteiger partial charge on any atom is 0.323 e. The van der Waals surface area contributed by atoms with Crippen molar-refractivity contribution in [1.82, 2.24) is 4.90 Å². The lowest BCUT2D eigenvalue weighted by Gasteiger charge is -2.21. The molecule has 1 saturated heterocycles. The number of ether oxygens (including phenoxy) is 1. The van der Waals surface area contributed by atoms with Gasteiger partial charge >= 0.3 is 5.97 Å². The number of rotatable bonds is 3. The van der Waals surface area contributed by atoms with Gasteiger partial charge in [0.2, 0.25) is 0 Å². The molecule has 0 spiro atoms. The van der Waals surface area contributed by atoms with Gasteiger partial charge < -0.3 is 4.74 Å². The van der Waals surface area contributed by atoms with Gasteiger partial charge in [-0.25, -0.2) is 0 Å². The Kier molecular flexibility index (Phi) is 3.25. The molecule has 3 nitrogen and oxygen atoms in total. The molecule has 1 heterocycles. The molecule has 2 rings (SSSR count). The van der Waals surface area contributed by atoms with Crippen LogP contribution >= 0.6 is 0 Å². The number of carbonyl (C=O) groups excluding carboxylic acids is 1. The molecule has 1 unspecified atom stereocenters. The number of likely N-dealkylation sites (N-methyl/N-ethyl adjacent to an activating group) is 1. The first-order chi connectivity index (χ1) is 7.68. The molecule has 86 valence electrons. The molecule has 1 atom stereocenters. The zero-order valence-electron chi connectivity index (χ0n) is 9.77. The molecular formula is C13H17NO2. The van der Waals surface area contributed by atoms with Crippen molar-refractivity contribution in [2.75, 3.05) is 13.7 Å². The minimum atomic E-state index is -0.0870. The van der Waals surface area contributed by atoms with Crippen molar-refractivity contribution in [2.45, 2.75) is 25.9 Å². The Labute approximate surface area is 96.0 Å². The number of cyclic esters (lactones) is 1. The van der Waals surface area contributed by atoms with Gasteiger partial charge in [-0.1, -0.05) is 24.3 Å². The first kappa shape index (κ1) is 11.1. The minimum absolute atomic E-state index is 0.0698. The van der Waals surface area contributed by atoms with Gasteiger partial charge in [-0.05, 0) is 25.1 Å². The van der Waals surface area contributed by atoms with E-state index >= 15 is 0 Å². The van der Waals surface area contributed by atoms with Crippen molar-refractivity contribution in [3.05, 3.63) is 35.4 Å². The number of aryl methyl sites for hydroxylation is 1. The van der Waals surface area contributed by atoms with Crippen molar-refractivity contribution in [1.29, 1.82) is 0 Å². The van der Waals surface area contributed by atoms with Crippen molar-refractivity contribution in [2.24, 2.45) is 0 Å². The molecule has 1 aliphatic heterocycles. The molecule has 0 aliphatic carbocycles. The van der Waals surface area contributed by atoms with Gasteiger partial charge in [0.15, 0.2) is 0 Å². The molecule has 16 heavy (non-hydrogen) atoms. The van der Waals surface area contributed by atoms with E-state index in [2.05, 4.69) is 24.0 Å². The Balaban J connectivity index is 2.04. The van der Waals surface area contributed by atoms with Gasteiger partial charge in [0.1, 0.15) is 6.04 Å². The van der Waals surface area contributed by atoms with Gasteiger partial charge in [0.05, 0.1) is 6.61 Å². The average molecular weight is 219 g/mol. The Morgan fingerprint density at radius 3 is 2.81 bits per heavy atom. The third-order valence-electron chi connectivity index (χ3n) is 3.12. The predicted octanol–water partition coefficient (Wildman–Crippen LogP) is 1.74. The van der Waals surface area contributed by atoms with E-state index in [0.29, 0.717) is 6.61 Å². The standard InChI is InChI=1S/C13H17NO2/c1-10-5-3-4-6-11(10)9-14(2)12-7-8-16-13(12)15/h3-6,12H,7-9H2,1-2H3. The summed E-state index contributed by atoms with van der Waals surface area (Å²) in [5.41, 5.74) is 2.53. The molecule has 1 aliphatic rings. The number of hydrogen-bond donors (Lipinski definition) is 0. The van der Waals surface area contributed by atoms with Gasteiger partial charge in [-0.15, -0.1) is 0 Å². The summed E-state index contributed by atoms with van der Waals surface area (Å²) in [4.78, 5) is 13.5. The summed E-state index contributed by atoms with van der Waals surface area (Å²) >= 11 is 0. The van der Waals surface area contributed by atoms with Crippen LogP contribution in [0.5, 0.6) is 0 Å². The van der Waals surface area contributed by atoms with E-state index in [1.165, 1.54) is 11.1 Å². The maximum atomic E-state index is 11.4. The lowest BCUT2D eigenvalue weighted by Crippen LogP contribution is -2.34. The predicted molar refractivity (Wildman–Crippen MR) is 62.0 cm³/mol. The quantitative estimate of drug-likeness (QED) is 0.725. The summed E-state index contributed by atoms with van der Waals surface area (Å²) in [5, 5.41) is 0. The minimum Gasteiger partial charge on any atom is -0.464 e. The van der Waals surface area contributed by atoms with Crippen LogP contribution in [0.15, 0.2) is 24.3 Å². The smallest absolute Gasteiger partial charge is 0.323 e. The second-order valence-corrected chi connectivity index (χ2v) is 4.31. The maximum absolute atomic E-state index is 11.4. The van der Waals surface area contributed by atoms with Crippen LogP contribution in [0.1, 0.15) is 17.5 Å². The third kappa shape index (κ3) is 2.25. The van der Waals surface area contributed by atoms with Crippen LogP contribution < -0.4 is 0 Å². The van der Waals surface area contributed by atoms with Gasteiger partial charge in [-0.3, -0.25) is 9.69 Å². The van der Waals surface area contributed by atoms with E-state index in [1.807, 2.05) is 19.2 Å². The van der Waals surface area contributed by atoms with Crippen molar-refractivity contribution in [3.63, 3.8) is 0 Å². The molecule has 0 aromatic heterocycles. The van der Waals surface area contributed by atoms with Gasteiger partial charge in [-0.2, -0.15) is 0 Å². The Hall–Kier alpha value is -1.35. The summed E-state index contributed by atoms with van der Waals surface area (Å²) in [7, 11) is 1.98.